The number of halogens is 3. The van der Waals surface area contributed by atoms with Crippen LogP contribution < -0.4 is 10.2 Å². The summed E-state index contributed by atoms with van der Waals surface area (Å²) in [6, 6.07) is 11.1. The van der Waals surface area contributed by atoms with Crippen molar-refractivity contribution in [2.24, 2.45) is 0 Å². The lowest BCUT2D eigenvalue weighted by Crippen LogP contribution is -2.26. The van der Waals surface area contributed by atoms with Crippen molar-refractivity contribution in [3.63, 3.8) is 0 Å². The molecule has 0 saturated heterocycles. The van der Waals surface area contributed by atoms with E-state index in [0.717, 1.165) is 36.2 Å². The summed E-state index contributed by atoms with van der Waals surface area (Å²) in [6.45, 7) is 0.651. The fraction of sp³-hybridized carbons (Fsp3) is 0.278. The van der Waals surface area contributed by atoms with Gasteiger partial charge in [-0.3, -0.25) is 5.32 Å². The average Bonchev–Trinajstić information content (AvgIpc) is 2.60. The van der Waals surface area contributed by atoms with Gasteiger partial charge in [0.2, 0.25) is 0 Å². The van der Waals surface area contributed by atoms with E-state index in [1.54, 1.807) is 0 Å². The number of hydrogen-bond donors (Lipinski definition) is 1. The van der Waals surface area contributed by atoms with E-state index >= 15 is 0 Å². The van der Waals surface area contributed by atoms with Crippen LogP contribution in [-0.4, -0.2) is 19.7 Å². The van der Waals surface area contributed by atoms with Crippen molar-refractivity contribution in [1.29, 1.82) is 0 Å². The van der Waals surface area contributed by atoms with E-state index in [2.05, 4.69) is 10.1 Å². The summed E-state index contributed by atoms with van der Waals surface area (Å²) in [7, 11) is 1.17. The lowest BCUT2D eigenvalue weighted by Gasteiger charge is -2.33. The number of methoxy groups -OCH3 is 1. The standard InChI is InChI=1S/C18H17F3N2O2/c1-25-17(24)22-14-11-13(18(19,20)21)8-9-16(14)23-10-4-6-12-5-2-3-7-15(12)23/h2-3,5,7-9,11H,4,6,10H2,1H3,(H,22,24). The Kier molecular flexibility index (Phi) is 4.57. The van der Waals surface area contributed by atoms with Crippen molar-refractivity contribution in [2.45, 2.75) is 19.0 Å². The third-order valence-corrected chi connectivity index (χ3v) is 4.15. The number of carbonyl (C=O) groups is 1. The number of para-hydroxylation sites is 1. The molecule has 1 aliphatic rings. The summed E-state index contributed by atoms with van der Waals surface area (Å²) in [5, 5.41) is 2.40. The van der Waals surface area contributed by atoms with E-state index in [9.17, 15) is 18.0 Å². The first-order valence-corrected chi connectivity index (χ1v) is 7.82. The van der Waals surface area contributed by atoms with Gasteiger partial charge >= 0.3 is 12.3 Å². The number of benzene rings is 2. The lowest BCUT2D eigenvalue weighted by molar-refractivity contribution is -0.137. The summed E-state index contributed by atoms with van der Waals surface area (Å²) >= 11 is 0. The van der Waals surface area contributed by atoms with Gasteiger partial charge in [0, 0.05) is 12.2 Å². The number of anilines is 3. The van der Waals surface area contributed by atoms with Gasteiger partial charge in [-0.2, -0.15) is 13.2 Å². The normalized spacial score (nSPS) is 14.0. The van der Waals surface area contributed by atoms with Crippen molar-refractivity contribution < 1.29 is 22.7 Å². The Balaban J connectivity index is 2.08. The van der Waals surface area contributed by atoms with Gasteiger partial charge in [-0.1, -0.05) is 18.2 Å². The maximum Gasteiger partial charge on any atom is 0.416 e. The first kappa shape index (κ1) is 17.1. The number of nitrogens with one attached hydrogen (secondary N) is 1. The summed E-state index contributed by atoms with van der Waals surface area (Å²) < 4.78 is 43.7. The molecule has 132 valence electrons. The second kappa shape index (κ2) is 6.66. The van der Waals surface area contributed by atoms with E-state index in [1.165, 1.54) is 13.2 Å². The van der Waals surface area contributed by atoms with Gasteiger partial charge in [0.1, 0.15) is 0 Å². The molecule has 1 amide bonds. The Morgan fingerprint density at radius 2 is 1.92 bits per heavy atom. The molecular weight excluding hydrogens is 333 g/mol. The molecule has 0 fully saturated rings. The van der Waals surface area contributed by atoms with Crippen molar-refractivity contribution in [2.75, 3.05) is 23.9 Å². The summed E-state index contributed by atoms with van der Waals surface area (Å²) in [5.41, 5.74) is 1.80. The first-order valence-electron chi connectivity index (χ1n) is 7.82. The Morgan fingerprint density at radius 1 is 1.16 bits per heavy atom. The van der Waals surface area contributed by atoms with Crippen LogP contribution in [0.4, 0.5) is 35.0 Å². The van der Waals surface area contributed by atoms with E-state index in [1.807, 2.05) is 29.2 Å². The fourth-order valence-corrected chi connectivity index (χ4v) is 2.99. The van der Waals surface area contributed by atoms with Crippen LogP contribution in [0.5, 0.6) is 0 Å². The highest BCUT2D eigenvalue weighted by atomic mass is 19.4. The zero-order chi connectivity index (χ0) is 18.0. The van der Waals surface area contributed by atoms with Crippen LogP contribution in [0.3, 0.4) is 0 Å². The smallest absolute Gasteiger partial charge is 0.416 e. The summed E-state index contributed by atoms with van der Waals surface area (Å²) in [5.74, 6) is 0. The van der Waals surface area contributed by atoms with Gasteiger partial charge in [-0.25, -0.2) is 4.79 Å². The minimum atomic E-state index is -4.50. The number of hydrogen-bond acceptors (Lipinski definition) is 3. The molecule has 25 heavy (non-hydrogen) atoms. The monoisotopic (exact) mass is 350 g/mol. The molecule has 2 aromatic carbocycles. The van der Waals surface area contributed by atoms with Crippen molar-refractivity contribution >= 4 is 23.2 Å². The molecule has 3 rings (SSSR count). The molecule has 0 aliphatic carbocycles. The second-order valence-corrected chi connectivity index (χ2v) is 5.73. The molecular formula is C18H17F3N2O2. The predicted octanol–water partition coefficient (Wildman–Crippen LogP) is 4.97. The molecule has 0 bridgehead atoms. The SMILES string of the molecule is COC(=O)Nc1cc(C(F)(F)F)ccc1N1CCCc2ccccc21. The molecule has 1 aliphatic heterocycles. The van der Waals surface area contributed by atoms with E-state index in [-0.39, 0.29) is 5.69 Å². The number of rotatable bonds is 2. The van der Waals surface area contributed by atoms with Crippen molar-refractivity contribution in [1.82, 2.24) is 0 Å². The minimum absolute atomic E-state index is 0.0679. The number of amides is 1. The van der Waals surface area contributed by atoms with Gasteiger partial charge in [0.05, 0.1) is 24.0 Å². The van der Waals surface area contributed by atoms with Gasteiger partial charge in [-0.05, 0) is 42.7 Å². The van der Waals surface area contributed by atoms with Crippen LogP contribution >= 0.6 is 0 Å². The Morgan fingerprint density at radius 3 is 2.64 bits per heavy atom. The van der Waals surface area contributed by atoms with Gasteiger partial charge in [-0.15, -0.1) is 0 Å². The molecule has 0 unspecified atom stereocenters. The maximum atomic E-state index is 13.0. The first-order chi connectivity index (χ1) is 11.9. The second-order valence-electron chi connectivity index (χ2n) is 5.73. The molecule has 0 radical (unpaired) electrons. The zero-order valence-electron chi connectivity index (χ0n) is 13.6. The van der Waals surface area contributed by atoms with E-state index in [0.29, 0.717) is 12.2 Å². The highest BCUT2D eigenvalue weighted by Gasteiger charge is 2.32. The summed E-state index contributed by atoms with van der Waals surface area (Å²) in [6.07, 6.45) is -3.53. The molecule has 0 atom stereocenters. The van der Waals surface area contributed by atoms with E-state index in [4.69, 9.17) is 0 Å². The largest absolute Gasteiger partial charge is 0.453 e. The van der Waals surface area contributed by atoms with Crippen molar-refractivity contribution in [3.8, 4) is 0 Å². The topological polar surface area (TPSA) is 41.6 Å². The van der Waals surface area contributed by atoms with Crippen LogP contribution in [0.2, 0.25) is 0 Å². The lowest BCUT2D eigenvalue weighted by atomic mass is 10.0. The van der Waals surface area contributed by atoms with Gasteiger partial charge in [0.25, 0.3) is 0 Å². The van der Waals surface area contributed by atoms with Crippen LogP contribution in [0, 0.1) is 0 Å². The average molecular weight is 350 g/mol. The van der Waals surface area contributed by atoms with Crippen molar-refractivity contribution in [3.05, 3.63) is 53.6 Å². The third-order valence-electron chi connectivity index (χ3n) is 4.15. The predicted molar refractivity (Wildman–Crippen MR) is 89.2 cm³/mol. The summed E-state index contributed by atoms with van der Waals surface area (Å²) in [4.78, 5) is 13.5. The molecule has 1 heterocycles. The molecule has 2 aromatic rings. The number of nitrogens with zero attached hydrogens (tertiary/aromatic N) is 1. The number of fused-ring (bicyclic) bond motifs is 1. The third kappa shape index (κ3) is 3.55. The maximum absolute atomic E-state index is 13.0. The highest BCUT2D eigenvalue weighted by Crippen LogP contribution is 2.40. The molecule has 1 N–H and O–H groups in total. The number of aryl methyl sites for hydroxylation is 1. The molecule has 7 heteroatoms. The Labute approximate surface area is 143 Å². The molecule has 0 saturated carbocycles. The zero-order valence-corrected chi connectivity index (χ0v) is 13.6. The number of carbonyl (C=O) groups excluding carboxylic acids is 1. The van der Waals surface area contributed by atoms with Crippen LogP contribution in [0.25, 0.3) is 0 Å². The van der Waals surface area contributed by atoms with E-state index < -0.39 is 17.8 Å². The Hall–Kier alpha value is -2.70. The Bertz CT molecular complexity index is 790. The quantitative estimate of drug-likeness (QED) is 0.832. The van der Waals surface area contributed by atoms with Crippen LogP contribution in [0.15, 0.2) is 42.5 Å². The molecule has 4 nitrogen and oxygen atoms in total. The number of ether oxygens (including phenoxy) is 1. The van der Waals surface area contributed by atoms with Gasteiger partial charge in [0.15, 0.2) is 0 Å². The highest BCUT2D eigenvalue weighted by molar-refractivity contribution is 5.91. The minimum Gasteiger partial charge on any atom is -0.453 e. The fourth-order valence-electron chi connectivity index (χ4n) is 2.99. The number of alkyl halides is 3. The molecule has 0 spiro atoms. The van der Waals surface area contributed by atoms with Crippen LogP contribution in [0.1, 0.15) is 17.5 Å². The molecule has 0 aromatic heterocycles. The van der Waals surface area contributed by atoms with Gasteiger partial charge < -0.3 is 9.64 Å². The van der Waals surface area contributed by atoms with Crippen LogP contribution in [-0.2, 0) is 17.3 Å².